The molecule has 13 heteroatoms. The number of sulfonamides is 1. The van der Waals surface area contributed by atoms with Crippen molar-refractivity contribution in [3.63, 3.8) is 0 Å². The summed E-state index contributed by atoms with van der Waals surface area (Å²) in [5.41, 5.74) is 0.174. The van der Waals surface area contributed by atoms with Crippen molar-refractivity contribution in [1.29, 1.82) is 0 Å². The van der Waals surface area contributed by atoms with E-state index in [1.165, 1.54) is 10.6 Å². The fraction of sp³-hybridized carbons (Fsp3) is 0.611. The third-order valence-electron chi connectivity index (χ3n) is 5.00. The van der Waals surface area contributed by atoms with Crippen LogP contribution in [0.2, 0.25) is 0 Å². The van der Waals surface area contributed by atoms with Crippen LogP contribution in [0.3, 0.4) is 0 Å². The molecule has 9 nitrogen and oxygen atoms in total. The van der Waals surface area contributed by atoms with E-state index in [1.54, 1.807) is 24.5 Å². The maximum absolute atomic E-state index is 12.1. The molecule has 3 rings (SSSR count). The van der Waals surface area contributed by atoms with Gasteiger partial charge in [-0.3, -0.25) is 9.78 Å². The molecule has 2 saturated heterocycles. The van der Waals surface area contributed by atoms with E-state index >= 15 is 0 Å². The van der Waals surface area contributed by atoms with E-state index in [2.05, 4.69) is 10.3 Å². The Morgan fingerprint density at radius 1 is 1.32 bits per heavy atom. The number of nitrogens with one attached hydrogen (secondary N) is 1. The predicted molar refractivity (Wildman–Crippen MR) is 103 cm³/mol. The third-order valence-corrected chi connectivity index (χ3v) is 6.25. The molecule has 0 bridgehead atoms. The Balaban J connectivity index is 0.000000423. The smallest absolute Gasteiger partial charge is 0.475 e. The van der Waals surface area contributed by atoms with Crippen molar-refractivity contribution >= 4 is 21.9 Å². The van der Waals surface area contributed by atoms with Crippen LogP contribution in [0, 0.1) is 0 Å². The Morgan fingerprint density at radius 2 is 1.94 bits per heavy atom. The first kappa shape index (κ1) is 25.0. The van der Waals surface area contributed by atoms with Gasteiger partial charge in [-0.25, -0.2) is 13.2 Å². The highest BCUT2D eigenvalue weighted by Gasteiger charge is 2.45. The molecule has 174 valence electrons. The number of rotatable bonds is 4. The number of hydrogen-bond donors (Lipinski definition) is 2. The molecule has 0 aliphatic carbocycles. The molecule has 1 aromatic heterocycles. The van der Waals surface area contributed by atoms with Gasteiger partial charge in [-0.1, -0.05) is 0 Å². The fourth-order valence-corrected chi connectivity index (χ4v) is 4.36. The lowest BCUT2D eigenvalue weighted by molar-refractivity contribution is -0.192. The SMILES string of the molecule is CS(=O)(=O)N1CC[C@]2(CCC[C@H](CNC(=O)c3ccncc3)O2)C1.O=C(O)C(F)(F)F. The van der Waals surface area contributed by atoms with Crippen LogP contribution in [-0.4, -0.2) is 78.5 Å². The highest BCUT2D eigenvalue weighted by Crippen LogP contribution is 2.37. The summed E-state index contributed by atoms with van der Waals surface area (Å²) in [6.45, 7) is 1.36. The quantitative estimate of drug-likeness (QED) is 0.686. The summed E-state index contributed by atoms with van der Waals surface area (Å²) < 4.78 is 62.9. The number of hydrogen-bond acceptors (Lipinski definition) is 6. The molecule has 2 atom stereocenters. The van der Waals surface area contributed by atoms with Crippen LogP contribution < -0.4 is 5.32 Å². The highest BCUT2D eigenvalue weighted by molar-refractivity contribution is 7.88. The number of carbonyl (C=O) groups excluding carboxylic acids is 1. The standard InChI is InChI=1S/C16H23N3O4S.C2HF3O2/c1-24(21,22)19-10-7-16(12-19)6-2-3-14(23-16)11-18-15(20)13-4-8-17-9-5-13;3-2(4,5)1(6)7/h4-5,8-9,14H,2-3,6-7,10-12H2,1H3,(H,18,20);(H,6,7)/t14-,16-;/m1./s1. The number of ether oxygens (including phenoxy) is 1. The van der Waals surface area contributed by atoms with Gasteiger partial charge in [0.2, 0.25) is 10.0 Å². The summed E-state index contributed by atoms with van der Waals surface area (Å²) >= 11 is 0. The Labute approximate surface area is 177 Å². The van der Waals surface area contributed by atoms with Crippen LogP contribution >= 0.6 is 0 Å². The maximum atomic E-state index is 12.1. The molecule has 2 aliphatic heterocycles. The number of amides is 1. The molecule has 2 aliphatic rings. The van der Waals surface area contributed by atoms with Gasteiger partial charge >= 0.3 is 12.1 Å². The Bertz CT molecular complexity index is 881. The number of alkyl halides is 3. The normalized spacial score (nSPS) is 24.3. The molecule has 3 heterocycles. The molecule has 2 N–H and O–H groups in total. The fourth-order valence-electron chi connectivity index (χ4n) is 3.47. The van der Waals surface area contributed by atoms with Gasteiger partial charge in [0.1, 0.15) is 0 Å². The zero-order valence-corrected chi connectivity index (χ0v) is 17.6. The molecule has 0 unspecified atom stereocenters. The van der Waals surface area contributed by atoms with Gasteiger partial charge in [-0.2, -0.15) is 17.5 Å². The molecule has 1 spiro atoms. The molecule has 0 saturated carbocycles. The second kappa shape index (κ2) is 9.92. The van der Waals surface area contributed by atoms with Crippen LogP contribution in [0.4, 0.5) is 13.2 Å². The van der Waals surface area contributed by atoms with Crippen LogP contribution in [0.15, 0.2) is 24.5 Å². The summed E-state index contributed by atoms with van der Waals surface area (Å²) in [5, 5.41) is 10.0. The largest absolute Gasteiger partial charge is 0.490 e. The number of halogens is 3. The van der Waals surface area contributed by atoms with Gasteiger partial charge in [0, 0.05) is 37.6 Å². The molecule has 0 aromatic carbocycles. The molecule has 2 fully saturated rings. The number of aromatic nitrogens is 1. The van der Waals surface area contributed by atoms with Crippen molar-refractivity contribution in [3.05, 3.63) is 30.1 Å². The molecule has 31 heavy (non-hydrogen) atoms. The maximum Gasteiger partial charge on any atom is 0.490 e. The summed E-state index contributed by atoms with van der Waals surface area (Å²) in [6.07, 6.45) is 2.68. The van der Waals surface area contributed by atoms with Crippen LogP contribution in [0.1, 0.15) is 36.0 Å². The van der Waals surface area contributed by atoms with E-state index in [0.717, 1.165) is 25.7 Å². The van der Waals surface area contributed by atoms with E-state index < -0.39 is 27.8 Å². The van der Waals surface area contributed by atoms with Gasteiger partial charge in [0.15, 0.2) is 0 Å². The van der Waals surface area contributed by atoms with Crippen molar-refractivity contribution < 1.29 is 41.0 Å². The van der Waals surface area contributed by atoms with Crippen LogP contribution in [0.25, 0.3) is 0 Å². The monoisotopic (exact) mass is 467 g/mol. The second-order valence-electron chi connectivity index (χ2n) is 7.41. The van der Waals surface area contributed by atoms with Gasteiger partial charge in [-0.05, 0) is 37.8 Å². The first-order valence-corrected chi connectivity index (χ1v) is 11.3. The average Bonchev–Trinajstić information content (AvgIpc) is 3.10. The van der Waals surface area contributed by atoms with E-state index in [0.29, 0.717) is 25.2 Å². The summed E-state index contributed by atoms with van der Waals surface area (Å²) in [5.74, 6) is -2.91. The van der Waals surface area contributed by atoms with E-state index in [1.807, 2.05) is 0 Å². The molecule has 1 amide bonds. The van der Waals surface area contributed by atoms with Crippen molar-refractivity contribution in [2.75, 3.05) is 25.9 Å². The molecular formula is C18H24F3N3O6S. The predicted octanol–water partition coefficient (Wildman–Crippen LogP) is 1.42. The first-order chi connectivity index (χ1) is 14.3. The molecule has 0 radical (unpaired) electrons. The van der Waals surface area contributed by atoms with Crippen LogP contribution in [0.5, 0.6) is 0 Å². The van der Waals surface area contributed by atoms with Crippen LogP contribution in [-0.2, 0) is 19.6 Å². The number of aliphatic carboxylic acids is 1. The van der Waals surface area contributed by atoms with E-state index in [4.69, 9.17) is 14.6 Å². The number of nitrogens with zero attached hydrogens (tertiary/aromatic N) is 2. The molecular weight excluding hydrogens is 443 g/mol. The van der Waals surface area contributed by atoms with E-state index in [9.17, 15) is 26.4 Å². The number of pyridine rings is 1. The second-order valence-corrected chi connectivity index (χ2v) is 9.39. The Morgan fingerprint density at radius 3 is 2.45 bits per heavy atom. The van der Waals surface area contributed by atoms with Gasteiger partial charge in [0.05, 0.1) is 18.0 Å². The third kappa shape index (κ3) is 7.43. The minimum Gasteiger partial charge on any atom is -0.475 e. The summed E-state index contributed by atoms with van der Waals surface area (Å²) in [7, 11) is -3.18. The van der Waals surface area contributed by atoms with Crippen molar-refractivity contribution in [1.82, 2.24) is 14.6 Å². The lowest BCUT2D eigenvalue weighted by Gasteiger charge is -2.38. The number of carboxylic acids is 1. The van der Waals surface area contributed by atoms with Crippen molar-refractivity contribution in [3.8, 4) is 0 Å². The Kier molecular flexibility index (Phi) is 8.00. The number of carboxylic acid groups (broad SMARTS) is 1. The van der Waals surface area contributed by atoms with E-state index in [-0.39, 0.29) is 12.0 Å². The zero-order chi connectivity index (χ0) is 23.3. The zero-order valence-electron chi connectivity index (χ0n) is 16.8. The average molecular weight is 467 g/mol. The minimum absolute atomic E-state index is 0.0796. The van der Waals surface area contributed by atoms with Gasteiger partial charge in [-0.15, -0.1) is 0 Å². The Hall–Kier alpha value is -2.25. The number of carbonyl (C=O) groups is 2. The minimum atomic E-state index is -5.08. The van der Waals surface area contributed by atoms with Gasteiger partial charge in [0.25, 0.3) is 5.91 Å². The summed E-state index contributed by atoms with van der Waals surface area (Å²) in [6, 6.07) is 3.33. The highest BCUT2D eigenvalue weighted by atomic mass is 32.2. The lowest BCUT2D eigenvalue weighted by atomic mass is 9.90. The topological polar surface area (TPSA) is 126 Å². The first-order valence-electron chi connectivity index (χ1n) is 9.44. The van der Waals surface area contributed by atoms with Crippen molar-refractivity contribution in [2.45, 2.75) is 43.6 Å². The molecule has 1 aromatic rings. The van der Waals surface area contributed by atoms with Gasteiger partial charge < -0.3 is 15.2 Å². The summed E-state index contributed by atoms with van der Waals surface area (Å²) in [4.78, 5) is 24.9. The van der Waals surface area contributed by atoms with Crippen molar-refractivity contribution in [2.24, 2.45) is 0 Å². The lowest BCUT2D eigenvalue weighted by Crippen LogP contribution is -2.47.